The van der Waals surface area contributed by atoms with Crippen LogP contribution in [0, 0.1) is 10.1 Å². The molecule has 2 aromatic carbocycles. The standard InChI is InChI=1S/C13H8BrN5O4/c14-8-4-2-1-3-7(8)13(16-20)15-9-5-6-10(19(21)22)12-11(9)17-23-18-12/h1-6,20H,(H,15,16). The summed E-state index contributed by atoms with van der Waals surface area (Å²) in [5.41, 5.74) is 2.74. The molecule has 0 saturated carbocycles. The molecule has 0 unspecified atom stereocenters. The first kappa shape index (κ1) is 15.1. The number of benzene rings is 2. The Labute approximate surface area is 136 Å². The molecule has 0 fully saturated rings. The van der Waals surface area contributed by atoms with Gasteiger partial charge in [0.1, 0.15) is 0 Å². The molecule has 0 amide bonds. The number of nitro benzene ring substituents is 1. The van der Waals surface area contributed by atoms with Gasteiger partial charge in [-0.3, -0.25) is 20.8 Å². The highest BCUT2D eigenvalue weighted by Gasteiger charge is 2.20. The molecule has 1 heterocycles. The molecule has 9 nitrogen and oxygen atoms in total. The van der Waals surface area contributed by atoms with Crippen LogP contribution in [0.4, 0.5) is 11.4 Å². The van der Waals surface area contributed by atoms with Gasteiger partial charge in [0.2, 0.25) is 5.52 Å². The van der Waals surface area contributed by atoms with E-state index >= 15 is 0 Å². The molecule has 0 spiro atoms. The molecule has 0 saturated heterocycles. The van der Waals surface area contributed by atoms with Crippen molar-refractivity contribution in [1.82, 2.24) is 15.8 Å². The van der Waals surface area contributed by atoms with Crippen molar-refractivity contribution in [3.63, 3.8) is 0 Å². The lowest BCUT2D eigenvalue weighted by atomic mass is 10.2. The first-order valence-corrected chi connectivity index (χ1v) is 7.04. The van der Waals surface area contributed by atoms with Crippen LogP contribution in [-0.2, 0) is 0 Å². The molecule has 1 aromatic heterocycles. The number of nitrogens with one attached hydrogen (secondary N) is 1. The van der Waals surface area contributed by atoms with Crippen LogP contribution in [0.15, 0.2) is 50.5 Å². The van der Waals surface area contributed by atoms with Gasteiger partial charge in [0.25, 0.3) is 0 Å². The summed E-state index contributed by atoms with van der Waals surface area (Å²) >= 11 is 3.36. The third-order valence-electron chi connectivity index (χ3n) is 3.04. The second kappa shape index (κ2) is 6.10. The number of nitro groups is 1. The lowest BCUT2D eigenvalue weighted by Crippen LogP contribution is -2.20. The van der Waals surface area contributed by atoms with E-state index in [1.165, 1.54) is 12.1 Å². The number of hydrogen-bond acceptors (Lipinski definition) is 7. The van der Waals surface area contributed by atoms with Crippen LogP contribution >= 0.6 is 15.9 Å². The van der Waals surface area contributed by atoms with Gasteiger partial charge in [-0.2, -0.15) is 0 Å². The van der Waals surface area contributed by atoms with Crippen molar-refractivity contribution in [3.8, 4) is 0 Å². The first-order valence-electron chi connectivity index (χ1n) is 6.25. The van der Waals surface area contributed by atoms with Gasteiger partial charge in [0.15, 0.2) is 11.4 Å². The smallest absolute Gasteiger partial charge is 0.290 e. The lowest BCUT2D eigenvalue weighted by Gasteiger charge is -2.07. The zero-order valence-electron chi connectivity index (χ0n) is 11.3. The molecule has 0 aliphatic carbocycles. The van der Waals surface area contributed by atoms with Gasteiger partial charge in [0.05, 0.1) is 10.6 Å². The molecule has 116 valence electrons. The van der Waals surface area contributed by atoms with Crippen LogP contribution in [-0.4, -0.2) is 26.3 Å². The number of halogens is 1. The fourth-order valence-electron chi connectivity index (χ4n) is 2.00. The summed E-state index contributed by atoms with van der Waals surface area (Å²) in [5.74, 6) is 0.135. The molecule has 3 aromatic rings. The molecular formula is C13H8BrN5O4. The fourth-order valence-corrected chi connectivity index (χ4v) is 2.47. The number of fused-ring (bicyclic) bond motifs is 1. The van der Waals surface area contributed by atoms with Crippen molar-refractivity contribution >= 4 is 44.2 Å². The van der Waals surface area contributed by atoms with E-state index in [1.807, 2.05) is 11.5 Å². The van der Waals surface area contributed by atoms with E-state index in [0.717, 1.165) is 0 Å². The third-order valence-corrected chi connectivity index (χ3v) is 3.73. The van der Waals surface area contributed by atoms with Gasteiger partial charge >= 0.3 is 5.69 Å². The fraction of sp³-hybridized carbons (Fsp3) is 0. The maximum absolute atomic E-state index is 11.0. The van der Waals surface area contributed by atoms with Crippen LogP contribution in [0.3, 0.4) is 0 Å². The van der Waals surface area contributed by atoms with Crippen LogP contribution in [0.25, 0.3) is 11.0 Å². The van der Waals surface area contributed by atoms with E-state index in [9.17, 15) is 15.3 Å². The predicted molar refractivity (Wildman–Crippen MR) is 83.7 cm³/mol. The maximum Gasteiger partial charge on any atom is 0.300 e. The molecule has 23 heavy (non-hydrogen) atoms. The summed E-state index contributed by atoms with van der Waals surface area (Å²) in [7, 11) is 0. The molecule has 0 atom stereocenters. The topological polar surface area (TPSA) is 127 Å². The van der Waals surface area contributed by atoms with Crippen molar-refractivity contribution in [2.24, 2.45) is 4.99 Å². The van der Waals surface area contributed by atoms with E-state index in [0.29, 0.717) is 10.0 Å². The number of amidine groups is 1. The zero-order chi connectivity index (χ0) is 16.4. The second-order valence-electron chi connectivity index (χ2n) is 4.37. The minimum atomic E-state index is -0.584. The van der Waals surface area contributed by atoms with E-state index < -0.39 is 4.92 Å². The SMILES string of the molecule is O=[N+]([O-])c1ccc(N=C(NO)c2ccccc2Br)c2nonc12. The highest BCUT2D eigenvalue weighted by molar-refractivity contribution is 9.10. The summed E-state index contributed by atoms with van der Waals surface area (Å²) in [5, 5.41) is 27.5. The van der Waals surface area contributed by atoms with Crippen molar-refractivity contribution in [1.29, 1.82) is 0 Å². The number of non-ortho nitro benzene ring substituents is 1. The van der Waals surface area contributed by atoms with Gasteiger partial charge in [-0.15, -0.1) is 0 Å². The van der Waals surface area contributed by atoms with Crippen molar-refractivity contribution in [2.45, 2.75) is 0 Å². The summed E-state index contributed by atoms with van der Waals surface area (Å²) in [6, 6.07) is 9.75. The minimum absolute atomic E-state index is 0.0133. The van der Waals surface area contributed by atoms with Crippen molar-refractivity contribution in [2.75, 3.05) is 0 Å². The Morgan fingerprint density at radius 3 is 2.70 bits per heavy atom. The Balaban J connectivity index is 2.17. The van der Waals surface area contributed by atoms with E-state index in [4.69, 9.17) is 0 Å². The Kier molecular flexibility index (Phi) is 4.00. The molecule has 2 N–H and O–H groups in total. The van der Waals surface area contributed by atoms with Crippen LogP contribution < -0.4 is 5.48 Å². The average Bonchev–Trinajstić information content (AvgIpc) is 3.03. The normalized spacial score (nSPS) is 11.7. The van der Waals surface area contributed by atoms with Gasteiger partial charge in [-0.1, -0.05) is 34.1 Å². The van der Waals surface area contributed by atoms with Gasteiger partial charge in [0, 0.05) is 16.1 Å². The Morgan fingerprint density at radius 2 is 2.00 bits per heavy atom. The molecule has 0 aliphatic heterocycles. The Morgan fingerprint density at radius 1 is 1.26 bits per heavy atom. The van der Waals surface area contributed by atoms with Crippen molar-refractivity contribution < 1.29 is 14.8 Å². The monoisotopic (exact) mass is 377 g/mol. The van der Waals surface area contributed by atoms with Crippen LogP contribution in [0.2, 0.25) is 0 Å². The zero-order valence-corrected chi connectivity index (χ0v) is 12.9. The number of aromatic nitrogens is 2. The van der Waals surface area contributed by atoms with E-state index in [1.54, 1.807) is 18.2 Å². The van der Waals surface area contributed by atoms with E-state index in [-0.39, 0.29) is 28.2 Å². The van der Waals surface area contributed by atoms with E-state index in [2.05, 4.69) is 35.9 Å². The highest BCUT2D eigenvalue weighted by Crippen LogP contribution is 2.31. The summed E-state index contributed by atoms with van der Waals surface area (Å²) in [6.07, 6.45) is 0. The number of nitrogens with zero attached hydrogens (tertiary/aromatic N) is 4. The third kappa shape index (κ3) is 2.76. The number of hydrogen-bond donors (Lipinski definition) is 2. The first-order chi connectivity index (χ1) is 11.1. The second-order valence-corrected chi connectivity index (χ2v) is 5.23. The summed E-state index contributed by atoms with van der Waals surface area (Å²) in [6.45, 7) is 0. The molecule has 0 radical (unpaired) electrons. The largest absolute Gasteiger partial charge is 0.300 e. The van der Waals surface area contributed by atoms with Gasteiger partial charge in [-0.05, 0) is 22.4 Å². The molecule has 3 rings (SSSR count). The average molecular weight is 378 g/mol. The van der Waals surface area contributed by atoms with Crippen LogP contribution in [0.5, 0.6) is 0 Å². The lowest BCUT2D eigenvalue weighted by molar-refractivity contribution is -0.383. The Bertz CT molecular complexity index is 924. The number of aliphatic imine (C=N–C) groups is 1. The summed E-state index contributed by atoms with van der Waals surface area (Å²) in [4.78, 5) is 14.6. The summed E-state index contributed by atoms with van der Waals surface area (Å²) < 4.78 is 5.28. The molecule has 0 bridgehead atoms. The minimum Gasteiger partial charge on any atom is -0.290 e. The quantitative estimate of drug-likeness (QED) is 0.310. The Hall–Kier alpha value is -2.85. The predicted octanol–water partition coefficient (Wildman–Crippen LogP) is 2.95. The van der Waals surface area contributed by atoms with Crippen molar-refractivity contribution in [3.05, 3.63) is 56.5 Å². The maximum atomic E-state index is 11.0. The number of hydroxylamine groups is 1. The molecular weight excluding hydrogens is 370 g/mol. The van der Waals surface area contributed by atoms with Gasteiger partial charge in [-0.25, -0.2) is 9.62 Å². The van der Waals surface area contributed by atoms with Crippen LogP contribution in [0.1, 0.15) is 5.56 Å². The van der Waals surface area contributed by atoms with Gasteiger partial charge < -0.3 is 0 Å². The highest BCUT2D eigenvalue weighted by atomic mass is 79.9. The number of rotatable bonds is 3. The molecule has 0 aliphatic rings. The molecule has 10 heteroatoms.